The minimum Gasteiger partial charge on any atom is -0.393 e. The van der Waals surface area contributed by atoms with Crippen molar-refractivity contribution in [2.45, 2.75) is 26.0 Å². The summed E-state index contributed by atoms with van der Waals surface area (Å²) in [7, 11) is 0. The molecule has 8 nitrogen and oxygen atoms in total. The zero-order valence-corrected chi connectivity index (χ0v) is 17.0. The Bertz CT molecular complexity index is 971. The number of nitrogens with one attached hydrogen (secondary N) is 1. The minimum absolute atomic E-state index is 0.0879. The van der Waals surface area contributed by atoms with Gasteiger partial charge >= 0.3 is 0 Å². The predicted molar refractivity (Wildman–Crippen MR) is 109 cm³/mol. The highest BCUT2D eigenvalue weighted by Gasteiger charge is 2.25. The maximum atomic E-state index is 14.8. The molecule has 1 aromatic carbocycles. The lowest BCUT2D eigenvalue weighted by Gasteiger charge is -2.28. The molecule has 0 radical (unpaired) electrons. The number of thiocarbonyl (C=S) groups is 1. The van der Waals surface area contributed by atoms with Gasteiger partial charge in [0.2, 0.25) is 0 Å². The number of hydrogen-bond acceptors (Lipinski definition) is 6. The van der Waals surface area contributed by atoms with Crippen molar-refractivity contribution in [3.05, 3.63) is 47.3 Å². The molecule has 1 aliphatic rings. The number of benzene rings is 1. The van der Waals surface area contributed by atoms with Gasteiger partial charge in [0, 0.05) is 30.8 Å². The molecule has 1 amide bonds. The normalized spacial score (nSPS) is 15.0. The van der Waals surface area contributed by atoms with Crippen molar-refractivity contribution < 1.29 is 23.8 Å². The summed E-state index contributed by atoms with van der Waals surface area (Å²) in [6.07, 6.45) is 1.81. The van der Waals surface area contributed by atoms with Crippen LogP contribution in [0.15, 0.2) is 24.4 Å². The van der Waals surface area contributed by atoms with Gasteiger partial charge in [-0.1, -0.05) is 23.5 Å². The number of aliphatic hydroxyl groups excluding tert-OH is 2. The number of aromatic nitrogens is 3. The molecule has 2 aromatic rings. The first kappa shape index (κ1) is 21.9. The number of rotatable bonds is 6. The molecule has 3 N–H and O–H groups in total. The van der Waals surface area contributed by atoms with Crippen LogP contribution in [0.5, 0.6) is 0 Å². The highest BCUT2D eigenvalue weighted by molar-refractivity contribution is 7.80. The maximum Gasteiger partial charge on any atom is 0.254 e. The molecule has 0 aliphatic carbocycles. The third-order valence-corrected chi connectivity index (χ3v) is 4.79. The van der Waals surface area contributed by atoms with Crippen LogP contribution in [-0.2, 0) is 11.3 Å². The van der Waals surface area contributed by atoms with Gasteiger partial charge in [0.15, 0.2) is 6.10 Å². The lowest BCUT2D eigenvalue weighted by molar-refractivity contribution is -0.141. The Morgan fingerprint density at radius 1 is 1.37 bits per heavy atom. The van der Waals surface area contributed by atoms with Gasteiger partial charge in [-0.05, 0) is 18.9 Å². The van der Waals surface area contributed by atoms with Crippen LogP contribution in [-0.4, -0.2) is 66.8 Å². The molecule has 3 rings (SSSR count). The van der Waals surface area contributed by atoms with E-state index < -0.39 is 30.3 Å². The van der Waals surface area contributed by atoms with Crippen LogP contribution < -0.4 is 5.32 Å². The van der Waals surface area contributed by atoms with Crippen molar-refractivity contribution in [2.24, 2.45) is 0 Å². The van der Waals surface area contributed by atoms with Crippen molar-refractivity contribution in [1.82, 2.24) is 25.2 Å². The first-order valence-corrected chi connectivity index (χ1v) is 9.63. The summed E-state index contributed by atoms with van der Waals surface area (Å²) in [6, 6.07) is 2.34. The molecule has 1 unspecified atom stereocenters. The zero-order chi connectivity index (χ0) is 21.8. The second-order valence-electron chi connectivity index (χ2n) is 6.81. The van der Waals surface area contributed by atoms with E-state index in [1.807, 2.05) is 0 Å². The summed E-state index contributed by atoms with van der Waals surface area (Å²) in [6.45, 7) is 1.67. The summed E-state index contributed by atoms with van der Waals surface area (Å²) in [5.41, 5.74) is 1.02. The summed E-state index contributed by atoms with van der Waals surface area (Å²) >= 11 is 4.93. The standard InChI is InChI=1S/C19H21F2N5O3S/c1-11(30)22-8-13-9-26(24-23-13)14-6-15(20)18(16(21)7-14)12-2-4-25(5-3-12)19(29)17(28)10-27/h2,6-7,9,17,27-28H,3-5,8,10H2,1H3,(H,22,30). The SMILES string of the molecule is CC(=S)NCc1cn(-c2cc(F)c(C3=CCN(C(=O)C(O)CO)CC3)c(F)c2)nn1. The molecule has 0 saturated heterocycles. The molecule has 0 fully saturated rings. The third kappa shape index (κ3) is 4.86. The van der Waals surface area contributed by atoms with Crippen LogP contribution in [0.3, 0.4) is 0 Å². The monoisotopic (exact) mass is 437 g/mol. The Labute approximate surface area is 176 Å². The average Bonchev–Trinajstić information content (AvgIpc) is 3.20. The Kier molecular flexibility index (Phi) is 6.85. The molecule has 11 heteroatoms. The van der Waals surface area contributed by atoms with Gasteiger partial charge < -0.3 is 20.4 Å². The number of halogens is 2. The molecule has 0 saturated carbocycles. The van der Waals surface area contributed by atoms with Crippen LogP contribution in [0.1, 0.15) is 24.6 Å². The molecule has 30 heavy (non-hydrogen) atoms. The Morgan fingerprint density at radius 3 is 2.63 bits per heavy atom. The number of hydrogen-bond donors (Lipinski definition) is 3. The van der Waals surface area contributed by atoms with Gasteiger partial charge in [-0.2, -0.15) is 0 Å². The molecule has 1 atom stereocenters. The van der Waals surface area contributed by atoms with E-state index in [0.29, 0.717) is 22.8 Å². The van der Waals surface area contributed by atoms with E-state index in [1.54, 1.807) is 19.2 Å². The molecule has 160 valence electrons. The van der Waals surface area contributed by atoms with E-state index in [0.717, 1.165) is 0 Å². The van der Waals surface area contributed by atoms with E-state index >= 15 is 0 Å². The van der Waals surface area contributed by atoms with Crippen LogP contribution >= 0.6 is 12.2 Å². The van der Waals surface area contributed by atoms with Crippen molar-refractivity contribution >= 4 is 28.7 Å². The molecule has 0 bridgehead atoms. The van der Waals surface area contributed by atoms with Crippen molar-refractivity contribution in [3.63, 3.8) is 0 Å². The summed E-state index contributed by atoms with van der Waals surface area (Å²) in [5, 5.41) is 29.1. The highest BCUT2D eigenvalue weighted by atomic mass is 32.1. The molecule has 0 spiro atoms. The highest BCUT2D eigenvalue weighted by Crippen LogP contribution is 2.29. The van der Waals surface area contributed by atoms with E-state index in [-0.39, 0.29) is 30.8 Å². The number of carbonyl (C=O) groups excluding carboxylic acids is 1. The van der Waals surface area contributed by atoms with Gasteiger partial charge in [-0.25, -0.2) is 13.5 Å². The average molecular weight is 437 g/mol. The fourth-order valence-corrected chi connectivity index (χ4v) is 3.18. The second-order valence-corrected chi connectivity index (χ2v) is 7.42. The Balaban J connectivity index is 1.78. The van der Waals surface area contributed by atoms with E-state index in [4.69, 9.17) is 17.3 Å². The van der Waals surface area contributed by atoms with Gasteiger partial charge in [0.1, 0.15) is 17.3 Å². The molecule has 1 aliphatic heterocycles. The Morgan fingerprint density at radius 2 is 2.07 bits per heavy atom. The van der Waals surface area contributed by atoms with E-state index in [1.165, 1.54) is 21.7 Å². The van der Waals surface area contributed by atoms with Gasteiger partial charge in [-0.3, -0.25) is 4.79 Å². The topological polar surface area (TPSA) is 104 Å². The van der Waals surface area contributed by atoms with Crippen LogP contribution in [0.4, 0.5) is 8.78 Å². The first-order valence-electron chi connectivity index (χ1n) is 9.22. The number of aliphatic hydroxyl groups is 2. The number of amides is 1. The lowest BCUT2D eigenvalue weighted by atomic mass is 9.97. The van der Waals surface area contributed by atoms with Crippen molar-refractivity contribution in [2.75, 3.05) is 19.7 Å². The fraction of sp³-hybridized carbons (Fsp3) is 0.368. The van der Waals surface area contributed by atoms with Crippen LogP contribution in [0.2, 0.25) is 0 Å². The number of nitrogens with zero attached hydrogens (tertiary/aromatic N) is 4. The predicted octanol–water partition coefficient (Wildman–Crippen LogP) is 0.951. The van der Waals surface area contributed by atoms with Crippen molar-refractivity contribution in [3.8, 4) is 5.69 Å². The fourth-order valence-electron chi connectivity index (χ4n) is 3.10. The minimum atomic E-state index is -1.50. The summed E-state index contributed by atoms with van der Waals surface area (Å²) in [5.74, 6) is -2.13. The quantitative estimate of drug-likeness (QED) is 0.578. The zero-order valence-electron chi connectivity index (χ0n) is 16.2. The van der Waals surface area contributed by atoms with E-state index in [2.05, 4.69) is 15.6 Å². The van der Waals surface area contributed by atoms with Crippen LogP contribution in [0, 0.1) is 11.6 Å². The van der Waals surface area contributed by atoms with Gasteiger partial charge in [0.05, 0.1) is 30.0 Å². The van der Waals surface area contributed by atoms with Crippen molar-refractivity contribution in [1.29, 1.82) is 0 Å². The summed E-state index contributed by atoms with van der Waals surface area (Å²) in [4.78, 5) is 13.8. The first-order chi connectivity index (χ1) is 14.3. The third-order valence-electron chi connectivity index (χ3n) is 4.65. The largest absolute Gasteiger partial charge is 0.393 e. The van der Waals surface area contributed by atoms with E-state index in [9.17, 15) is 18.7 Å². The molecular formula is C19H21F2N5O3S. The number of carbonyl (C=O) groups is 1. The molecule has 1 aromatic heterocycles. The lowest BCUT2D eigenvalue weighted by Crippen LogP contribution is -2.42. The molecular weight excluding hydrogens is 416 g/mol. The van der Waals surface area contributed by atoms with Gasteiger partial charge in [-0.15, -0.1) is 5.10 Å². The van der Waals surface area contributed by atoms with Gasteiger partial charge in [0.25, 0.3) is 5.91 Å². The smallest absolute Gasteiger partial charge is 0.254 e. The Hall–Kier alpha value is -2.76. The maximum absolute atomic E-state index is 14.8. The van der Waals surface area contributed by atoms with Crippen LogP contribution in [0.25, 0.3) is 11.3 Å². The molecule has 2 heterocycles. The summed E-state index contributed by atoms with van der Waals surface area (Å²) < 4.78 is 30.8. The second kappa shape index (κ2) is 9.37.